The molecule has 3 N–H and O–H groups in total. The Balaban J connectivity index is -0.000000653. The van der Waals surface area contributed by atoms with Crippen LogP contribution in [0.2, 0.25) is 0 Å². The predicted molar refractivity (Wildman–Crippen MR) is 66.0 cm³/mol. The molecule has 0 radical (unpaired) electrons. The third-order valence-electron chi connectivity index (χ3n) is 1.34. The van der Waals surface area contributed by atoms with Crippen LogP contribution in [0.1, 0.15) is 41.5 Å². The second kappa shape index (κ2) is 9.16. The number of nitrogens with zero attached hydrogens (tertiary/aromatic N) is 1. The van der Waals surface area contributed by atoms with Crippen molar-refractivity contribution in [2.45, 2.75) is 52.6 Å². The van der Waals surface area contributed by atoms with E-state index in [0.717, 1.165) is 0 Å². The van der Waals surface area contributed by atoms with Crippen molar-refractivity contribution in [2.75, 3.05) is 0 Å². The summed E-state index contributed by atoms with van der Waals surface area (Å²) in [6.45, 7) is 13.1. The first-order valence-corrected chi connectivity index (χ1v) is 7.09. The van der Waals surface area contributed by atoms with E-state index in [1.807, 2.05) is 0 Å². The van der Waals surface area contributed by atoms with E-state index >= 15 is 0 Å². The van der Waals surface area contributed by atoms with Crippen molar-refractivity contribution in [2.24, 2.45) is 0 Å². The van der Waals surface area contributed by atoms with Crippen LogP contribution in [0.5, 0.6) is 0 Å². The maximum atomic E-state index is 3.55. The van der Waals surface area contributed by atoms with Gasteiger partial charge in [0, 0.05) is 20.0 Å². The quantitative estimate of drug-likeness (QED) is 0.420. The van der Waals surface area contributed by atoms with Crippen LogP contribution < -0.4 is 40.2 Å². The van der Waals surface area contributed by atoms with E-state index in [0.29, 0.717) is 8.88 Å². The first-order chi connectivity index (χ1) is 6.17. The monoisotopic (exact) mass is 396 g/mol. The molecule has 2 atom stereocenters. The van der Waals surface area contributed by atoms with Crippen LogP contribution >= 0.6 is 17.3 Å². The molecule has 102 valence electrons. The van der Waals surface area contributed by atoms with Crippen molar-refractivity contribution < 1.29 is 51.0 Å². The Kier molecular flexibility index (Phi) is 13.0. The van der Waals surface area contributed by atoms with Crippen LogP contribution in [0.25, 0.3) is 0 Å². The van der Waals surface area contributed by atoms with E-state index in [9.17, 15) is 0 Å². The summed E-state index contributed by atoms with van der Waals surface area (Å²) in [5.74, 6) is 0. The van der Waals surface area contributed by atoms with E-state index in [2.05, 4.69) is 61.5 Å². The van der Waals surface area contributed by atoms with Crippen LogP contribution in [0, 0.1) is 0 Å². The zero-order chi connectivity index (χ0) is 11.0. The van der Waals surface area contributed by atoms with Gasteiger partial charge in [-0.05, 0) is 41.5 Å². The van der Waals surface area contributed by atoms with E-state index in [-0.39, 0.29) is 70.5 Å². The van der Waals surface area contributed by atoms with Crippen molar-refractivity contribution >= 4 is 17.3 Å². The SMILES string of the molecule is CC(C)(C)NN1PNP1NC(C)(C)C.[Cl-].[Cl-].[Zr+2]. The Labute approximate surface area is 140 Å². The molecule has 1 heterocycles. The van der Waals surface area contributed by atoms with Gasteiger partial charge in [-0.2, -0.15) is 4.55 Å². The van der Waals surface area contributed by atoms with Gasteiger partial charge < -0.3 is 24.8 Å². The zero-order valence-corrected chi connectivity index (χ0v) is 17.0. The number of hydrogen-bond donors (Lipinski definition) is 3. The molecule has 17 heavy (non-hydrogen) atoms. The normalized spacial score (nSPS) is 21.9. The minimum Gasteiger partial charge on any atom is -1.00 e. The Morgan fingerprint density at radius 2 is 1.47 bits per heavy atom. The molecule has 0 aliphatic carbocycles. The molecule has 0 saturated carbocycles. The summed E-state index contributed by atoms with van der Waals surface area (Å²) in [4.78, 5) is 3.42. The standard InChI is InChI=1S/C8H22N4P2.2ClH.Zr/c1-7(2,3)9-12-13-11-14(12)10-8(4,5)6;;;/h9-11,13H,1-6H3;2*1H;/q;;;+2/p-2. The zero-order valence-electron chi connectivity index (χ0n) is 11.2. The van der Waals surface area contributed by atoms with Gasteiger partial charge in [0.15, 0.2) is 0 Å². The summed E-state index contributed by atoms with van der Waals surface area (Å²) < 4.78 is 2.28. The second-order valence-electron chi connectivity index (χ2n) is 5.57. The van der Waals surface area contributed by atoms with Gasteiger partial charge in [-0.25, -0.2) is 10.3 Å². The van der Waals surface area contributed by atoms with Crippen LogP contribution in [0.3, 0.4) is 0 Å². The van der Waals surface area contributed by atoms with Gasteiger partial charge in [-0.15, -0.1) is 0 Å². The molecule has 1 rings (SSSR count). The van der Waals surface area contributed by atoms with Gasteiger partial charge in [0.2, 0.25) is 0 Å². The fourth-order valence-corrected chi connectivity index (χ4v) is 4.04. The molecule has 0 amide bonds. The summed E-state index contributed by atoms with van der Waals surface area (Å²) >= 11 is 0. The van der Waals surface area contributed by atoms with Gasteiger partial charge in [0.05, 0.1) is 0 Å². The Bertz CT molecular complexity index is 189. The van der Waals surface area contributed by atoms with Gasteiger partial charge in [0.25, 0.3) is 0 Å². The average molecular weight is 398 g/mol. The molecule has 1 aliphatic rings. The maximum absolute atomic E-state index is 3.55. The molecule has 0 aromatic rings. The minimum absolute atomic E-state index is 0. The number of halogens is 2. The molecule has 0 bridgehead atoms. The number of hydrogen-bond acceptors (Lipinski definition) is 4. The smallest absolute Gasteiger partial charge is 1.00 e. The summed E-state index contributed by atoms with van der Waals surface area (Å²) in [5, 5.41) is 3.55. The van der Waals surface area contributed by atoms with Gasteiger partial charge >= 0.3 is 26.2 Å². The predicted octanol–water partition coefficient (Wildman–Crippen LogP) is -3.68. The summed E-state index contributed by atoms with van der Waals surface area (Å²) in [6.07, 6.45) is 0. The fourth-order valence-electron chi connectivity index (χ4n) is 0.941. The van der Waals surface area contributed by atoms with Crippen molar-refractivity contribution in [1.82, 2.24) is 19.9 Å². The molecule has 1 fully saturated rings. The van der Waals surface area contributed by atoms with E-state index in [1.165, 1.54) is 0 Å². The Morgan fingerprint density at radius 1 is 1.00 bits per heavy atom. The molecule has 4 nitrogen and oxygen atoms in total. The second-order valence-corrected chi connectivity index (χ2v) is 8.76. The number of nitrogens with one attached hydrogen (secondary N) is 3. The number of rotatable bonds is 2. The van der Waals surface area contributed by atoms with Crippen molar-refractivity contribution in [3.8, 4) is 0 Å². The van der Waals surface area contributed by atoms with Crippen molar-refractivity contribution in [3.05, 3.63) is 0 Å². The molecule has 1 aliphatic heterocycles. The van der Waals surface area contributed by atoms with Crippen LogP contribution in [-0.4, -0.2) is 15.6 Å². The summed E-state index contributed by atoms with van der Waals surface area (Å²) in [6, 6.07) is 0. The first kappa shape index (κ1) is 24.2. The molecule has 1 saturated heterocycles. The fraction of sp³-hybridized carbons (Fsp3) is 1.00. The summed E-state index contributed by atoms with van der Waals surface area (Å²) in [5.41, 5.74) is 3.79. The Morgan fingerprint density at radius 3 is 1.71 bits per heavy atom. The number of hydrazine groups is 1. The molecule has 9 heteroatoms. The minimum atomic E-state index is -0.379. The topological polar surface area (TPSA) is 39.3 Å². The van der Waals surface area contributed by atoms with Crippen molar-refractivity contribution in [3.63, 3.8) is 0 Å². The van der Waals surface area contributed by atoms with Crippen LogP contribution in [0.15, 0.2) is 0 Å². The van der Waals surface area contributed by atoms with E-state index in [4.69, 9.17) is 0 Å². The third kappa shape index (κ3) is 10.6. The van der Waals surface area contributed by atoms with E-state index in [1.54, 1.807) is 0 Å². The first-order valence-electron chi connectivity index (χ1n) is 4.84. The largest absolute Gasteiger partial charge is 2.00 e. The van der Waals surface area contributed by atoms with Crippen LogP contribution in [-0.2, 0) is 26.2 Å². The summed E-state index contributed by atoms with van der Waals surface area (Å²) in [7, 11) is 0.311. The van der Waals surface area contributed by atoms with Gasteiger partial charge in [-0.3, -0.25) is 5.09 Å². The molecule has 0 spiro atoms. The molecular weight excluding hydrogens is 376 g/mol. The van der Waals surface area contributed by atoms with E-state index < -0.39 is 0 Å². The third-order valence-corrected chi connectivity index (χ3v) is 5.20. The molecule has 2 unspecified atom stereocenters. The molecule has 0 aromatic heterocycles. The van der Waals surface area contributed by atoms with Crippen molar-refractivity contribution in [1.29, 1.82) is 0 Å². The van der Waals surface area contributed by atoms with Crippen LogP contribution in [0.4, 0.5) is 0 Å². The van der Waals surface area contributed by atoms with Gasteiger partial charge in [-0.1, -0.05) is 0 Å². The Hall–Kier alpha value is 2.16. The van der Waals surface area contributed by atoms with Gasteiger partial charge in [0.1, 0.15) is 8.37 Å². The maximum Gasteiger partial charge on any atom is 2.00 e. The average Bonchev–Trinajstić information content (AvgIpc) is 1.91. The molecular formula is C8H22Cl2N4P2Zr. The molecule has 0 aromatic carbocycles.